The number of rotatable bonds is 8. The maximum Gasteiger partial charge on any atom is 0.156 e. The second-order valence-electron chi connectivity index (χ2n) is 6.32. The fourth-order valence-electron chi connectivity index (χ4n) is 2.81. The van der Waals surface area contributed by atoms with E-state index in [9.17, 15) is 5.26 Å². The molecule has 0 bridgehead atoms. The summed E-state index contributed by atoms with van der Waals surface area (Å²) in [5, 5.41) is 13.1. The van der Waals surface area contributed by atoms with Gasteiger partial charge in [-0.2, -0.15) is 5.26 Å². The monoisotopic (exact) mass is 286 g/mol. The molecule has 0 amide bonds. The molecule has 0 radical (unpaired) electrons. The summed E-state index contributed by atoms with van der Waals surface area (Å²) in [7, 11) is 0. The molecule has 1 N–H and O–H groups in total. The molecule has 3 nitrogen and oxygen atoms in total. The van der Waals surface area contributed by atoms with E-state index >= 15 is 0 Å². The maximum atomic E-state index is 9.75. The van der Waals surface area contributed by atoms with Crippen LogP contribution in [0.25, 0.3) is 0 Å². The van der Waals surface area contributed by atoms with Crippen LogP contribution in [-0.4, -0.2) is 19.3 Å². The molecule has 1 fully saturated rings. The quantitative estimate of drug-likeness (QED) is 0.742. The number of hydrogen-bond acceptors (Lipinski definition) is 3. The summed E-state index contributed by atoms with van der Waals surface area (Å²) in [5.74, 6) is 0.844. The summed E-state index contributed by atoms with van der Waals surface area (Å²) < 4.78 is 5.87. The molecule has 0 aliphatic heterocycles. The van der Waals surface area contributed by atoms with Gasteiger partial charge in [0.25, 0.3) is 0 Å². The van der Waals surface area contributed by atoms with Crippen molar-refractivity contribution < 1.29 is 4.74 Å². The lowest BCUT2D eigenvalue weighted by molar-refractivity contribution is 0.0676. The molecule has 1 aliphatic rings. The molecule has 1 aliphatic carbocycles. The molecular formula is C18H26N2O. The molecule has 1 aromatic rings. The third kappa shape index (κ3) is 4.30. The largest absolute Gasteiger partial charge is 0.378 e. The minimum absolute atomic E-state index is 0.222. The lowest BCUT2D eigenvalue weighted by Crippen LogP contribution is -2.48. The first-order valence-electron chi connectivity index (χ1n) is 7.98. The van der Waals surface area contributed by atoms with Gasteiger partial charge in [-0.25, -0.2) is 0 Å². The van der Waals surface area contributed by atoms with Gasteiger partial charge in [0.15, 0.2) is 5.54 Å². The summed E-state index contributed by atoms with van der Waals surface area (Å²) >= 11 is 0. The van der Waals surface area contributed by atoms with Crippen molar-refractivity contribution >= 4 is 0 Å². The SMILES string of the molecule is CC(C)NC(C#N)(COCCC1CCC1)c1ccccc1. The Balaban J connectivity index is 1.98. The van der Waals surface area contributed by atoms with E-state index in [-0.39, 0.29) is 6.04 Å². The zero-order valence-electron chi connectivity index (χ0n) is 13.1. The van der Waals surface area contributed by atoms with E-state index in [0.717, 1.165) is 24.5 Å². The fourth-order valence-corrected chi connectivity index (χ4v) is 2.81. The average Bonchev–Trinajstić information content (AvgIpc) is 2.44. The number of benzene rings is 1. The molecule has 1 atom stereocenters. The summed E-state index contributed by atoms with van der Waals surface area (Å²) in [5.41, 5.74) is 0.222. The van der Waals surface area contributed by atoms with Crippen molar-refractivity contribution in [1.29, 1.82) is 5.26 Å². The van der Waals surface area contributed by atoms with Crippen molar-refractivity contribution in [3.05, 3.63) is 35.9 Å². The first kappa shape index (κ1) is 16.0. The van der Waals surface area contributed by atoms with Gasteiger partial charge in [0.05, 0.1) is 12.7 Å². The van der Waals surface area contributed by atoms with Crippen LogP contribution in [0.4, 0.5) is 0 Å². The molecule has 0 saturated heterocycles. The fraction of sp³-hybridized carbons (Fsp3) is 0.611. The minimum Gasteiger partial charge on any atom is -0.378 e. The zero-order chi connectivity index (χ0) is 15.1. The zero-order valence-corrected chi connectivity index (χ0v) is 13.1. The molecule has 2 rings (SSSR count). The summed E-state index contributed by atoms with van der Waals surface area (Å²) in [6.45, 7) is 5.27. The highest BCUT2D eigenvalue weighted by molar-refractivity contribution is 5.31. The van der Waals surface area contributed by atoms with E-state index < -0.39 is 5.54 Å². The standard InChI is InChI=1S/C18H26N2O/c1-15(2)20-18(13-19,17-9-4-3-5-10-17)14-21-12-11-16-7-6-8-16/h3-5,9-10,15-16,20H,6-8,11-12,14H2,1-2H3. The molecule has 1 saturated carbocycles. The summed E-state index contributed by atoms with van der Waals surface area (Å²) in [6.07, 6.45) is 5.18. The van der Waals surface area contributed by atoms with E-state index in [1.165, 1.54) is 19.3 Å². The van der Waals surface area contributed by atoms with E-state index in [0.29, 0.717) is 6.61 Å². The minimum atomic E-state index is -0.755. The number of nitrogens with one attached hydrogen (secondary N) is 1. The van der Waals surface area contributed by atoms with Crippen molar-refractivity contribution in [1.82, 2.24) is 5.32 Å². The van der Waals surface area contributed by atoms with Gasteiger partial charge >= 0.3 is 0 Å². The van der Waals surface area contributed by atoms with Crippen molar-refractivity contribution in [3.8, 4) is 6.07 Å². The Morgan fingerprint density at radius 3 is 2.57 bits per heavy atom. The van der Waals surface area contributed by atoms with Crippen molar-refractivity contribution in [2.24, 2.45) is 5.92 Å². The van der Waals surface area contributed by atoms with Crippen LogP contribution >= 0.6 is 0 Å². The van der Waals surface area contributed by atoms with E-state index in [1.807, 2.05) is 30.3 Å². The highest BCUT2D eigenvalue weighted by Gasteiger charge is 2.33. The predicted molar refractivity (Wildman–Crippen MR) is 84.8 cm³/mol. The highest BCUT2D eigenvalue weighted by atomic mass is 16.5. The van der Waals surface area contributed by atoms with Crippen LogP contribution in [0.15, 0.2) is 30.3 Å². The molecule has 0 heterocycles. The summed E-state index contributed by atoms with van der Waals surface area (Å²) in [6, 6.07) is 12.6. The Kier molecular flexibility index (Phi) is 5.78. The Bertz CT molecular complexity index is 462. The Hall–Kier alpha value is -1.37. The molecule has 21 heavy (non-hydrogen) atoms. The van der Waals surface area contributed by atoms with E-state index in [1.54, 1.807) is 0 Å². The molecule has 114 valence electrons. The summed E-state index contributed by atoms with van der Waals surface area (Å²) in [4.78, 5) is 0. The molecule has 0 aromatic heterocycles. The van der Waals surface area contributed by atoms with E-state index in [4.69, 9.17) is 4.74 Å². The number of hydrogen-bond donors (Lipinski definition) is 1. The molecule has 3 heteroatoms. The third-order valence-electron chi connectivity index (χ3n) is 4.21. The van der Waals surface area contributed by atoms with Crippen LogP contribution in [0.2, 0.25) is 0 Å². The van der Waals surface area contributed by atoms with Crippen molar-refractivity contribution in [2.75, 3.05) is 13.2 Å². The van der Waals surface area contributed by atoms with Gasteiger partial charge in [-0.3, -0.25) is 5.32 Å². The van der Waals surface area contributed by atoms with Gasteiger partial charge in [0.1, 0.15) is 0 Å². The van der Waals surface area contributed by atoms with Crippen LogP contribution in [-0.2, 0) is 10.3 Å². The lowest BCUT2D eigenvalue weighted by Gasteiger charge is -2.31. The van der Waals surface area contributed by atoms with Gasteiger partial charge in [0.2, 0.25) is 0 Å². The van der Waals surface area contributed by atoms with Gasteiger partial charge in [-0.05, 0) is 31.7 Å². The first-order chi connectivity index (χ1) is 10.2. The van der Waals surface area contributed by atoms with Gasteiger partial charge in [-0.1, -0.05) is 49.6 Å². The smallest absolute Gasteiger partial charge is 0.156 e. The van der Waals surface area contributed by atoms with Crippen LogP contribution in [0.5, 0.6) is 0 Å². The maximum absolute atomic E-state index is 9.75. The molecule has 1 aromatic carbocycles. The van der Waals surface area contributed by atoms with Crippen LogP contribution in [0, 0.1) is 17.2 Å². The number of nitrogens with zero attached hydrogens (tertiary/aromatic N) is 1. The number of ether oxygens (including phenoxy) is 1. The Morgan fingerprint density at radius 1 is 1.33 bits per heavy atom. The first-order valence-corrected chi connectivity index (χ1v) is 7.98. The Morgan fingerprint density at radius 2 is 2.05 bits per heavy atom. The second kappa shape index (κ2) is 7.59. The van der Waals surface area contributed by atoms with Crippen molar-refractivity contribution in [3.63, 3.8) is 0 Å². The van der Waals surface area contributed by atoms with Crippen LogP contribution in [0.3, 0.4) is 0 Å². The normalized spacial score (nSPS) is 18.0. The van der Waals surface area contributed by atoms with Crippen molar-refractivity contribution in [2.45, 2.75) is 51.1 Å². The van der Waals surface area contributed by atoms with E-state index in [2.05, 4.69) is 25.2 Å². The van der Waals surface area contributed by atoms with Crippen LogP contribution in [0.1, 0.15) is 45.1 Å². The topological polar surface area (TPSA) is 45.0 Å². The predicted octanol–water partition coefficient (Wildman–Crippen LogP) is 3.61. The van der Waals surface area contributed by atoms with Crippen LogP contribution < -0.4 is 5.32 Å². The lowest BCUT2D eigenvalue weighted by atomic mass is 9.83. The molecular weight excluding hydrogens is 260 g/mol. The Labute approximate surface area is 128 Å². The third-order valence-corrected chi connectivity index (χ3v) is 4.21. The molecule has 0 spiro atoms. The highest BCUT2D eigenvalue weighted by Crippen LogP contribution is 2.29. The van der Waals surface area contributed by atoms with Gasteiger partial charge in [-0.15, -0.1) is 0 Å². The number of nitriles is 1. The average molecular weight is 286 g/mol. The second-order valence-corrected chi connectivity index (χ2v) is 6.32. The van der Waals surface area contributed by atoms with Gasteiger partial charge in [0, 0.05) is 12.6 Å². The van der Waals surface area contributed by atoms with Gasteiger partial charge < -0.3 is 4.74 Å². The molecule has 1 unspecified atom stereocenters.